The third-order valence-electron chi connectivity index (χ3n) is 1.24. The van der Waals surface area contributed by atoms with Crippen molar-refractivity contribution in [3.63, 3.8) is 0 Å². The van der Waals surface area contributed by atoms with Crippen LogP contribution in [-0.2, 0) is 9.53 Å². The number of carbonyl (C=O) groups is 1. The molecule has 0 aromatic carbocycles. The number of ether oxygens (including phenoxy) is 1. The molecule has 0 heterocycles. The van der Waals surface area contributed by atoms with Crippen molar-refractivity contribution in [2.75, 3.05) is 13.3 Å². The summed E-state index contributed by atoms with van der Waals surface area (Å²) in [6.45, 7) is 1.59. The normalized spacial score (nSPS) is 12.6. The van der Waals surface area contributed by atoms with Crippen LogP contribution in [0.4, 0.5) is 4.39 Å². The van der Waals surface area contributed by atoms with Crippen LogP contribution in [0.3, 0.4) is 0 Å². The van der Waals surface area contributed by atoms with Gasteiger partial charge in [-0.25, -0.2) is 0 Å². The van der Waals surface area contributed by atoms with Crippen LogP contribution in [-0.4, -0.2) is 25.3 Å². The molecule has 0 fully saturated rings. The highest BCUT2D eigenvalue weighted by molar-refractivity contribution is 5.75. The van der Waals surface area contributed by atoms with E-state index in [9.17, 15) is 9.18 Å². The minimum atomic E-state index is -0.661. The second-order valence-electron chi connectivity index (χ2n) is 2.19. The minimum Gasteiger partial charge on any atom is -0.465 e. The van der Waals surface area contributed by atoms with Crippen molar-refractivity contribution in [1.29, 1.82) is 0 Å². The number of esters is 1. The number of nitrogens with two attached hydrogens (primary N) is 1. The molecule has 0 saturated carbocycles. The Labute approximate surface area is 65.7 Å². The minimum absolute atomic E-state index is 0.319. The van der Waals surface area contributed by atoms with Gasteiger partial charge in [0.1, 0.15) is 6.04 Å². The third-order valence-corrected chi connectivity index (χ3v) is 1.24. The SMILES string of the molecule is CCOC(=O)C(N)CCCF. The van der Waals surface area contributed by atoms with Crippen molar-refractivity contribution in [2.24, 2.45) is 5.73 Å². The lowest BCUT2D eigenvalue weighted by molar-refractivity contribution is -0.144. The predicted molar refractivity (Wildman–Crippen MR) is 39.8 cm³/mol. The second-order valence-corrected chi connectivity index (χ2v) is 2.19. The Kier molecular flexibility index (Phi) is 5.74. The zero-order valence-electron chi connectivity index (χ0n) is 6.68. The van der Waals surface area contributed by atoms with Gasteiger partial charge in [-0.1, -0.05) is 0 Å². The Morgan fingerprint density at radius 1 is 1.73 bits per heavy atom. The molecule has 0 spiro atoms. The summed E-state index contributed by atoms with van der Waals surface area (Å²) < 4.78 is 16.2. The fourth-order valence-electron chi connectivity index (χ4n) is 0.664. The van der Waals surface area contributed by atoms with E-state index in [0.29, 0.717) is 19.4 Å². The summed E-state index contributed by atoms with van der Waals surface area (Å²) in [5.41, 5.74) is 5.35. The Bertz CT molecular complexity index is 119. The van der Waals surface area contributed by atoms with Crippen LogP contribution in [0.1, 0.15) is 19.8 Å². The number of carbonyl (C=O) groups excluding carboxylic acids is 1. The number of hydrogen-bond donors (Lipinski definition) is 1. The first kappa shape index (κ1) is 10.4. The van der Waals surface area contributed by atoms with Gasteiger partial charge in [-0.15, -0.1) is 0 Å². The smallest absolute Gasteiger partial charge is 0.322 e. The van der Waals surface area contributed by atoms with Gasteiger partial charge in [-0.05, 0) is 19.8 Å². The van der Waals surface area contributed by atoms with Crippen LogP contribution in [0.25, 0.3) is 0 Å². The van der Waals surface area contributed by atoms with Crippen LogP contribution in [0.5, 0.6) is 0 Å². The van der Waals surface area contributed by atoms with Gasteiger partial charge in [-0.2, -0.15) is 0 Å². The molecule has 66 valence electrons. The lowest BCUT2D eigenvalue weighted by Crippen LogP contribution is -2.32. The molecule has 0 bridgehead atoms. The molecular formula is C7H14FNO2. The maximum Gasteiger partial charge on any atom is 0.322 e. The zero-order valence-corrected chi connectivity index (χ0v) is 6.68. The molecule has 0 aliphatic carbocycles. The average Bonchev–Trinajstić information content (AvgIpc) is 2.00. The third kappa shape index (κ3) is 4.72. The number of alkyl halides is 1. The molecule has 3 nitrogen and oxygen atoms in total. The maximum absolute atomic E-state index is 11.6. The van der Waals surface area contributed by atoms with Gasteiger partial charge in [0.25, 0.3) is 0 Å². The van der Waals surface area contributed by atoms with Gasteiger partial charge >= 0.3 is 5.97 Å². The highest BCUT2D eigenvalue weighted by atomic mass is 19.1. The van der Waals surface area contributed by atoms with Gasteiger partial charge in [0.05, 0.1) is 13.3 Å². The van der Waals surface area contributed by atoms with Crippen molar-refractivity contribution in [3.8, 4) is 0 Å². The molecule has 0 aromatic heterocycles. The molecule has 0 amide bonds. The van der Waals surface area contributed by atoms with Crippen molar-refractivity contribution < 1.29 is 13.9 Å². The summed E-state index contributed by atoms with van der Waals surface area (Å²) >= 11 is 0. The van der Waals surface area contributed by atoms with Crippen LogP contribution in [0.2, 0.25) is 0 Å². The molecule has 0 aromatic rings. The summed E-state index contributed by atoms with van der Waals surface area (Å²) in [5, 5.41) is 0. The first-order chi connectivity index (χ1) is 5.22. The van der Waals surface area contributed by atoms with E-state index in [1.165, 1.54) is 0 Å². The van der Waals surface area contributed by atoms with E-state index >= 15 is 0 Å². The van der Waals surface area contributed by atoms with Gasteiger partial charge < -0.3 is 10.5 Å². The molecule has 2 N–H and O–H groups in total. The van der Waals surface area contributed by atoms with Crippen LogP contribution in [0.15, 0.2) is 0 Å². The van der Waals surface area contributed by atoms with E-state index in [0.717, 1.165) is 0 Å². The average molecular weight is 163 g/mol. The van der Waals surface area contributed by atoms with Gasteiger partial charge in [0.15, 0.2) is 0 Å². The molecule has 11 heavy (non-hydrogen) atoms. The highest BCUT2D eigenvalue weighted by Crippen LogP contribution is 1.97. The molecule has 1 unspecified atom stereocenters. The zero-order chi connectivity index (χ0) is 8.69. The van der Waals surface area contributed by atoms with Crippen LogP contribution >= 0.6 is 0 Å². The van der Waals surface area contributed by atoms with Gasteiger partial charge in [0, 0.05) is 0 Å². The molecule has 0 aliphatic heterocycles. The topological polar surface area (TPSA) is 52.3 Å². The summed E-state index contributed by atoms with van der Waals surface area (Å²) in [6, 6.07) is -0.661. The fraction of sp³-hybridized carbons (Fsp3) is 0.857. The van der Waals surface area contributed by atoms with Crippen molar-refractivity contribution in [2.45, 2.75) is 25.8 Å². The van der Waals surface area contributed by atoms with E-state index in [-0.39, 0.29) is 0 Å². The molecular weight excluding hydrogens is 149 g/mol. The predicted octanol–water partition coefficient (Wildman–Crippen LogP) is 0.626. The Morgan fingerprint density at radius 3 is 2.82 bits per heavy atom. The summed E-state index contributed by atoms with van der Waals surface area (Å²) in [7, 11) is 0. The quantitative estimate of drug-likeness (QED) is 0.605. The number of rotatable bonds is 5. The lowest BCUT2D eigenvalue weighted by Gasteiger charge is -2.08. The van der Waals surface area contributed by atoms with E-state index in [1.54, 1.807) is 6.92 Å². The molecule has 0 aliphatic rings. The lowest BCUT2D eigenvalue weighted by atomic mass is 10.2. The first-order valence-corrected chi connectivity index (χ1v) is 3.70. The van der Waals surface area contributed by atoms with Crippen LogP contribution < -0.4 is 5.73 Å². The summed E-state index contributed by atoms with van der Waals surface area (Å²) in [6.07, 6.45) is 0.676. The van der Waals surface area contributed by atoms with Crippen molar-refractivity contribution >= 4 is 5.97 Å². The molecule has 0 saturated heterocycles. The van der Waals surface area contributed by atoms with Crippen molar-refractivity contribution in [1.82, 2.24) is 0 Å². The second kappa shape index (κ2) is 6.09. The van der Waals surface area contributed by atoms with Crippen LogP contribution in [0, 0.1) is 0 Å². The van der Waals surface area contributed by atoms with Crippen molar-refractivity contribution in [3.05, 3.63) is 0 Å². The standard InChI is InChI=1S/C7H14FNO2/c1-2-11-7(10)6(9)4-3-5-8/h6H,2-5,9H2,1H3. The summed E-state index contributed by atoms with van der Waals surface area (Å²) in [4.78, 5) is 10.8. The van der Waals surface area contributed by atoms with E-state index in [2.05, 4.69) is 4.74 Å². The molecule has 0 rings (SSSR count). The number of hydrogen-bond acceptors (Lipinski definition) is 3. The van der Waals surface area contributed by atoms with E-state index in [4.69, 9.17) is 5.73 Å². The van der Waals surface area contributed by atoms with Gasteiger partial charge in [-0.3, -0.25) is 9.18 Å². The molecule has 0 radical (unpaired) electrons. The monoisotopic (exact) mass is 163 g/mol. The largest absolute Gasteiger partial charge is 0.465 e. The maximum atomic E-state index is 11.6. The van der Waals surface area contributed by atoms with E-state index in [1.807, 2.05) is 0 Å². The Morgan fingerprint density at radius 2 is 2.36 bits per heavy atom. The van der Waals surface area contributed by atoms with E-state index < -0.39 is 18.7 Å². The highest BCUT2D eigenvalue weighted by Gasteiger charge is 2.12. The number of halogens is 1. The van der Waals surface area contributed by atoms with Gasteiger partial charge in [0.2, 0.25) is 0 Å². The first-order valence-electron chi connectivity index (χ1n) is 3.70. The summed E-state index contributed by atoms with van der Waals surface area (Å²) in [5.74, 6) is -0.444. The fourth-order valence-corrected chi connectivity index (χ4v) is 0.664. The Hall–Kier alpha value is -0.640. The molecule has 1 atom stereocenters. The Balaban J connectivity index is 3.46. The molecule has 4 heteroatoms.